The summed E-state index contributed by atoms with van der Waals surface area (Å²) in [6.45, 7) is 3.02. The molecule has 0 radical (unpaired) electrons. The Balaban J connectivity index is 1.83. The van der Waals surface area contributed by atoms with Crippen LogP contribution in [0, 0.1) is 6.92 Å². The number of hydrogen-bond acceptors (Lipinski definition) is 3. The van der Waals surface area contributed by atoms with Crippen molar-refractivity contribution >= 4 is 33.4 Å². The summed E-state index contributed by atoms with van der Waals surface area (Å²) in [6.07, 6.45) is 1.96. The quantitative estimate of drug-likeness (QED) is 0.827. The minimum atomic E-state index is -0.662. The van der Waals surface area contributed by atoms with Gasteiger partial charge >= 0.3 is 11.8 Å². The highest BCUT2D eigenvalue weighted by molar-refractivity contribution is 9.10. The number of carbonyl (C=O) groups is 2. The van der Waals surface area contributed by atoms with Gasteiger partial charge in [0.1, 0.15) is 0 Å². The van der Waals surface area contributed by atoms with Gasteiger partial charge < -0.3 is 15.4 Å². The second-order valence-corrected chi connectivity index (χ2v) is 5.62. The second kappa shape index (κ2) is 6.85. The lowest BCUT2D eigenvalue weighted by atomic mass is 10.2. The minimum Gasteiger partial charge on any atom is -0.376 e. The fourth-order valence-electron chi connectivity index (χ4n) is 2.00. The Bertz CT molecular complexity index is 513. The summed E-state index contributed by atoms with van der Waals surface area (Å²) in [5.74, 6) is -1.30. The average molecular weight is 341 g/mol. The molecule has 1 fully saturated rings. The van der Waals surface area contributed by atoms with Crippen molar-refractivity contribution < 1.29 is 14.3 Å². The maximum Gasteiger partial charge on any atom is 0.313 e. The van der Waals surface area contributed by atoms with Gasteiger partial charge in [-0.25, -0.2) is 0 Å². The van der Waals surface area contributed by atoms with Crippen molar-refractivity contribution in [3.8, 4) is 0 Å². The van der Waals surface area contributed by atoms with Gasteiger partial charge in [0.2, 0.25) is 0 Å². The van der Waals surface area contributed by atoms with E-state index in [9.17, 15) is 9.59 Å². The monoisotopic (exact) mass is 340 g/mol. The summed E-state index contributed by atoms with van der Waals surface area (Å²) in [4.78, 5) is 23.4. The van der Waals surface area contributed by atoms with Crippen LogP contribution in [0.2, 0.25) is 0 Å². The van der Waals surface area contributed by atoms with Crippen molar-refractivity contribution in [1.82, 2.24) is 5.32 Å². The minimum absolute atomic E-state index is 0.0293. The Morgan fingerprint density at radius 2 is 2.20 bits per heavy atom. The van der Waals surface area contributed by atoms with Gasteiger partial charge in [0.05, 0.1) is 6.10 Å². The van der Waals surface area contributed by atoms with Crippen molar-refractivity contribution in [1.29, 1.82) is 0 Å². The second-order valence-electron chi connectivity index (χ2n) is 4.76. The van der Waals surface area contributed by atoms with E-state index in [0.29, 0.717) is 12.2 Å². The standard InChI is InChI=1S/C14H17BrN2O3/c1-9-7-10(4-5-12(9)15)17-14(19)13(18)16-8-11-3-2-6-20-11/h4-5,7,11H,2-3,6,8H2,1H3,(H,16,18)(H,17,19). The van der Waals surface area contributed by atoms with Crippen molar-refractivity contribution in [2.75, 3.05) is 18.5 Å². The van der Waals surface area contributed by atoms with Crippen molar-refractivity contribution in [3.63, 3.8) is 0 Å². The number of halogens is 1. The molecule has 1 aromatic rings. The van der Waals surface area contributed by atoms with Gasteiger partial charge in [0.15, 0.2) is 0 Å². The summed E-state index contributed by atoms with van der Waals surface area (Å²) in [6, 6.07) is 5.37. The molecule has 5 nitrogen and oxygen atoms in total. The fraction of sp³-hybridized carbons (Fsp3) is 0.429. The first kappa shape index (κ1) is 15.0. The summed E-state index contributed by atoms with van der Waals surface area (Å²) in [5.41, 5.74) is 1.59. The molecule has 1 heterocycles. The number of nitrogens with one attached hydrogen (secondary N) is 2. The van der Waals surface area contributed by atoms with E-state index in [1.165, 1.54) is 0 Å². The maximum absolute atomic E-state index is 11.7. The Morgan fingerprint density at radius 3 is 2.85 bits per heavy atom. The SMILES string of the molecule is Cc1cc(NC(=O)C(=O)NCC2CCCO2)ccc1Br. The van der Waals surface area contributed by atoms with E-state index in [1.807, 2.05) is 13.0 Å². The van der Waals surface area contributed by atoms with Crippen LogP contribution < -0.4 is 10.6 Å². The largest absolute Gasteiger partial charge is 0.376 e. The third kappa shape index (κ3) is 4.05. The van der Waals surface area contributed by atoms with Gasteiger partial charge in [0, 0.05) is 23.3 Å². The highest BCUT2D eigenvalue weighted by Gasteiger charge is 2.19. The number of amides is 2. The molecule has 1 aromatic carbocycles. The molecular formula is C14H17BrN2O3. The van der Waals surface area contributed by atoms with Gasteiger partial charge in [-0.15, -0.1) is 0 Å². The lowest BCUT2D eigenvalue weighted by Crippen LogP contribution is -2.39. The predicted molar refractivity (Wildman–Crippen MR) is 79.5 cm³/mol. The average Bonchev–Trinajstić information content (AvgIpc) is 2.93. The molecule has 0 aliphatic carbocycles. The fourth-order valence-corrected chi connectivity index (χ4v) is 2.25. The van der Waals surface area contributed by atoms with Gasteiger partial charge in [-0.05, 0) is 43.5 Å². The number of benzene rings is 1. The molecule has 2 N–H and O–H groups in total. The van der Waals surface area contributed by atoms with Crippen LogP contribution in [0.3, 0.4) is 0 Å². The van der Waals surface area contributed by atoms with E-state index < -0.39 is 11.8 Å². The highest BCUT2D eigenvalue weighted by atomic mass is 79.9. The molecule has 2 amide bonds. The van der Waals surface area contributed by atoms with Crippen molar-refractivity contribution in [2.45, 2.75) is 25.9 Å². The summed E-state index contributed by atoms with van der Waals surface area (Å²) >= 11 is 3.38. The van der Waals surface area contributed by atoms with E-state index >= 15 is 0 Å². The summed E-state index contributed by atoms with van der Waals surface area (Å²) < 4.78 is 6.34. The Morgan fingerprint density at radius 1 is 1.40 bits per heavy atom. The first-order valence-electron chi connectivity index (χ1n) is 6.53. The number of rotatable bonds is 3. The highest BCUT2D eigenvalue weighted by Crippen LogP contribution is 2.19. The number of aryl methyl sites for hydroxylation is 1. The molecule has 6 heteroatoms. The third-order valence-corrected chi connectivity index (χ3v) is 4.03. The molecule has 1 saturated heterocycles. The maximum atomic E-state index is 11.7. The summed E-state index contributed by atoms with van der Waals surface area (Å²) in [7, 11) is 0. The van der Waals surface area contributed by atoms with Crippen molar-refractivity contribution in [3.05, 3.63) is 28.2 Å². The van der Waals surface area contributed by atoms with Crippen LogP contribution in [-0.2, 0) is 14.3 Å². The first-order valence-corrected chi connectivity index (χ1v) is 7.32. The molecule has 1 aliphatic heterocycles. The molecule has 2 rings (SSSR count). The first-order chi connectivity index (χ1) is 9.56. The molecule has 1 aliphatic rings. The molecular weight excluding hydrogens is 324 g/mol. The molecule has 0 bridgehead atoms. The number of ether oxygens (including phenoxy) is 1. The molecule has 0 saturated carbocycles. The molecule has 0 aromatic heterocycles. The van der Waals surface area contributed by atoms with Crippen molar-refractivity contribution in [2.24, 2.45) is 0 Å². The lowest BCUT2D eigenvalue weighted by Gasteiger charge is -2.11. The third-order valence-electron chi connectivity index (χ3n) is 3.14. The number of carbonyl (C=O) groups excluding carboxylic acids is 2. The molecule has 0 spiro atoms. The van der Waals surface area contributed by atoms with E-state index in [-0.39, 0.29) is 6.10 Å². The van der Waals surface area contributed by atoms with Crippen LogP contribution in [0.25, 0.3) is 0 Å². The van der Waals surface area contributed by atoms with Crippen LogP contribution in [0.5, 0.6) is 0 Å². The Labute approximate surface area is 126 Å². The van der Waals surface area contributed by atoms with Gasteiger partial charge in [-0.3, -0.25) is 9.59 Å². The summed E-state index contributed by atoms with van der Waals surface area (Å²) in [5, 5.41) is 5.16. The van der Waals surface area contributed by atoms with Crippen LogP contribution in [0.1, 0.15) is 18.4 Å². The van der Waals surface area contributed by atoms with Crippen LogP contribution >= 0.6 is 15.9 Å². The normalized spacial score (nSPS) is 17.8. The molecule has 1 atom stereocenters. The van der Waals surface area contributed by atoms with E-state index in [1.54, 1.807) is 12.1 Å². The smallest absolute Gasteiger partial charge is 0.313 e. The van der Waals surface area contributed by atoms with Gasteiger partial charge in [0.25, 0.3) is 0 Å². The van der Waals surface area contributed by atoms with E-state index in [0.717, 1.165) is 29.5 Å². The topological polar surface area (TPSA) is 67.4 Å². The van der Waals surface area contributed by atoms with E-state index in [2.05, 4.69) is 26.6 Å². The Hall–Kier alpha value is -1.40. The van der Waals surface area contributed by atoms with Crippen LogP contribution in [0.4, 0.5) is 5.69 Å². The molecule has 108 valence electrons. The number of anilines is 1. The zero-order valence-electron chi connectivity index (χ0n) is 11.2. The predicted octanol–water partition coefficient (Wildman–Crippen LogP) is 1.99. The molecule has 20 heavy (non-hydrogen) atoms. The number of hydrogen-bond donors (Lipinski definition) is 2. The van der Waals surface area contributed by atoms with E-state index in [4.69, 9.17) is 4.74 Å². The van der Waals surface area contributed by atoms with Crippen LogP contribution in [0.15, 0.2) is 22.7 Å². The van der Waals surface area contributed by atoms with Gasteiger partial charge in [-0.2, -0.15) is 0 Å². The van der Waals surface area contributed by atoms with Gasteiger partial charge in [-0.1, -0.05) is 15.9 Å². The lowest BCUT2D eigenvalue weighted by molar-refractivity contribution is -0.136. The zero-order chi connectivity index (χ0) is 14.5. The van der Waals surface area contributed by atoms with Crippen LogP contribution in [-0.4, -0.2) is 31.1 Å². The Kier molecular flexibility index (Phi) is 5.14. The molecule has 1 unspecified atom stereocenters. The zero-order valence-corrected chi connectivity index (χ0v) is 12.8.